The lowest BCUT2D eigenvalue weighted by atomic mass is 10.2. The molecule has 1 unspecified atom stereocenters. The first-order chi connectivity index (χ1) is 7.72. The number of amides is 1. The monoisotopic (exact) mass is 223 g/mol. The average molecular weight is 223 g/mol. The van der Waals surface area contributed by atoms with Crippen LogP contribution in [-0.2, 0) is 11.3 Å². The zero-order chi connectivity index (χ0) is 11.8. The molecule has 5 heteroatoms. The van der Waals surface area contributed by atoms with Crippen molar-refractivity contribution in [3.05, 3.63) is 35.9 Å². The predicted octanol–water partition coefficient (Wildman–Crippen LogP) is 0.765. The van der Waals surface area contributed by atoms with Crippen LogP contribution in [0, 0.1) is 0 Å². The van der Waals surface area contributed by atoms with Gasteiger partial charge in [-0.05, 0) is 12.5 Å². The Balaban J connectivity index is 2.25. The number of hydrazine groups is 1. The number of nitrogens with one attached hydrogen (secondary N) is 2. The normalized spacial score (nSPS) is 11.9. The number of nitrogens with two attached hydrogens (primary N) is 1. The summed E-state index contributed by atoms with van der Waals surface area (Å²) in [5.74, 6) is 5.13. The van der Waals surface area contributed by atoms with Crippen LogP contribution in [0.25, 0.3) is 0 Å². The number of hydrogen-bond donors (Lipinski definition) is 3. The van der Waals surface area contributed by atoms with Crippen molar-refractivity contribution in [2.75, 3.05) is 6.54 Å². The lowest BCUT2D eigenvalue weighted by Gasteiger charge is -2.13. The molecule has 1 aromatic rings. The molecule has 5 nitrogen and oxygen atoms in total. The Hall–Kier alpha value is -1.59. The first-order valence-corrected chi connectivity index (χ1v) is 5.13. The second kappa shape index (κ2) is 6.81. The molecule has 16 heavy (non-hydrogen) atoms. The number of carbonyl (C=O) groups excluding carboxylic acids is 1. The zero-order valence-corrected chi connectivity index (χ0v) is 9.27. The van der Waals surface area contributed by atoms with Crippen LogP contribution >= 0.6 is 0 Å². The zero-order valence-electron chi connectivity index (χ0n) is 9.27. The van der Waals surface area contributed by atoms with Crippen LogP contribution in [0.5, 0.6) is 0 Å². The van der Waals surface area contributed by atoms with E-state index in [1.54, 1.807) is 0 Å². The van der Waals surface area contributed by atoms with Crippen molar-refractivity contribution in [1.29, 1.82) is 0 Å². The summed E-state index contributed by atoms with van der Waals surface area (Å²) in [4.78, 5) is 11.3. The van der Waals surface area contributed by atoms with Gasteiger partial charge in [-0.3, -0.25) is 11.3 Å². The van der Waals surface area contributed by atoms with Gasteiger partial charge in [0.05, 0.1) is 0 Å². The summed E-state index contributed by atoms with van der Waals surface area (Å²) >= 11 is 0. The number of hydrogen-bond acceptors (Lipinski definition) is 4. The molecular weight excluding hydrogens is 206 g/mol. The largest absolute Gasteiger partial charge is 0.445 e. The van der Waals surface area contributed by atoms with E-state index in [1.807, 2.05) is 37.3 Å². The minimum atomic E-state index is -0.438. The van der Waals surface area contributed by atoms with Crippen molar-refractivity contribution in [3.63, 3.8) is 0 Å². The molecule has 0 aliphatic carbocycles. The van der Waals surface area contributed by atoms with Crippen molar-refractivity contribution < 1.29 is 9.53 Å². The topological polar surface area (TPSA) is 76.4 Å². The molecule has 0 saturated carbocycles. The highest BCUT2D eigenvalue weighted by Gasteiger charge is 2.06. The Morgan fingerprint density at radius 1 is 1.44 bits per heavy atom. The summed E-state index contributed by atoms with van der Waals surface area (Å²) in [7, 11) is 0. The molecule has 1 atom stereocenters. The molecule has 4 N–H and O–H groups in total. The molecule has 0 aliphatic rings. The van der Waals surface area contributed by atoms with Gasteiger partial charge in [-0.1, -0.05) is 30.3 Å². The molecule has 0 aliphatic heterocycles. The Morgan fingerprint density at radius 2 is 2.12 bits per heavy atom. The van der Waals surface area contributed by atoms with Crippen molar-refractivity contribution in [1.82, 2.24) is 10.7 Å². The van der Waals surface area contributed by atoms with Gasteiger partial charge in [0.25, 0.3) is 0 Å². The van der Waals surface area contributed by atoms with Crippen LogP contribution < -0.4 is 16.6 Å². The fourth-order valence-electron chi connectivity index (χ4n) is 1.19. The second-order valence-corrected chi connectivity index (χ2v) is 3.52. The van der Waals surface area contributed by atoms with E-state index in [1.165, 1.54) is 0 Å². The van der Waals surface area contributed by atoms with Crippen LogP contribution in [0.3, 0.4) is 0 Å². The summed E-state index contributed by atoms with van der Waals surface area (Å²) in [5.41, 5.74) is 3.44. The highest BCUT2D eigenvalue weighted by Crippen LogP contribution is 2.00. The second-order valence-electron chi connectivity index (χ2n) is 3.52. The van der Waals surface area contributed by atoms with Gasteiger partial charge < -0.3 is 10.1 Å². The maximum absolute atomic E-state index is 11.3. The fraction of sp³-hybridized carbons (Fsp3) is 0.364. The summed E-state index contributed by atoms with van der Waals surface area (Å²) in [6.45, 7) is 2.61. The van der Waals surface area contributed by atoms with E-state index >= 15 is 0 Å². The lowest BCUT2D eigenvalue weighted by Crippen LogP contribution is -2.42. The Labute approximate surface area is 94.9 Å². The van der Waals surface area contributed by atoms with Crippen LogP contribution in [-0.4, -0.2) is 18.7 Å². The van der Waals surface area contributed by atoms with Gasteiger partial charge in [0.2, 0.25) is 0 Å². The molecule has 0 radical (unpaired) electrons. The number of ether oxygens (including phenoxy) is 1. The third kappa shape index (κ3) is 4.77. The molecule has 1 rings (SSSR count). The van der Waals surface area contributed by atoms with E-state index in [9.17, 15) is 4.79 Å². The summed E-state index contributed by atoms with van der Waals surface area (Å²) in [6.07, 6.45) is -0.438. The smallest absolute Gasteiger partial charge is 0.407 e. The number of alkyl carbamates (subject to hydrolysis) is 1. The minimum absolute atomic E-state index is 0.0618. The number of benzene rings is 1. The molecular formula is C11H17N3O2. The van der Waals surface area contributed by atoms with Crippen LogP contribution in [0.1, 0.15) is 12.5 Å². The van der Waals surface area contributed by atoms with E-state index in [0.717, 1.165) is 5.56 Å². The molecule has 0 aromatic heterocycles. The van der Waals surface area contributed by atoms with E-state index in [4.69, 9.17) is 10.6 Å². The van der Waals surface area contributed by atoms with Crippen LogP contribution in [0.4, 0.5) is 4.79 Å². The maximum Gasteiger partial charge on any atom is 0.407 e. The van der Waals surface area contributed by atoms with Crippen LogP contribution in [0.15, 0.2) is 30.3 Å². The highest BCUT2D eigenvalue weighted by molar-refractivity contribution is 5.67. The Bertz CT molecular complexity index is 316. The van der Waals surface area contributed by atoms with Gasteiger partial charge in [0.15, 0.2) is 0 Å². The maximum atomic E-state index is 11.3. The van der Waals surface area contributed by atoms with Crippen LogP contribution in [0.2, 0.25) is 0 Å². The average Bonchev–Trinajstić information content (AvgIpc) is 2.28. The Morgan fingerprint density at radius 3 is 2.75 bits per heavy atom. The Kier molecular flexibility index (Phi) is 5.31. The van der Waals surface area contributed by atoms with E-state index < -0.39 is 6.09 Å². The SMILES string of the molecule is CC(CNN)NC(=O)OCc1ccccc1. The fourth-order valence-corrected chi connectivity index (χ4v) is 1.19. The molecule has 0 spiro atoms. The van der Waals surface area contributed by atoms with Gasteiger partial charge >= 0.3 is 6.09 Å². The molecule has 0 bridgehead atoms. The third-order valence-electron chi connectivity index (χ3n) is 2.00. The summed E-state index contributed by atoms with van der Waals surface area (Å²) in [5, 5.41) is 2.65. The number of rotatable bonds is 5. The van der Waals surface area contributed by atoms with Crippen molar-refractivity contribution in [3.8, 4) is 0 Å². The molecule has 1 amide bonds. The van der Waals surface area contributed by atoms with Gasteiger partial charge in [-0.15, -0.1) is 0 Å². The summed E-state index contributed by atoms with van der Waals surface area (Å²) < 4.78 is 5.03. The molecule has 1 aromatic carbocycles. The van der Waals surface area contributed by atoms with Gasteiger partial charge in [-0.25, -0.2) is 4.79 Å². The lowest BCUT2D eigenvalue weighted by molar-refractivity contribution is 0.136. The molecule has 0 saturated heterocycles. The first kappa shape index (κ1) is 12.5. The van der Waals surface area contributed by atoms with Crippen molar-refractivity contribution >= 4 is 6.09 Å². The molecule has 0 heterocycles. The van der Waals surface area contributed by atoms with E-state index in [0.29, 0.717) is 6.54 Å². The van der Waals surface area contributed by atoms with Gasteiger partial charge in [-0.2, -0.15) is 0 Å². The summed E-state index contributed by atoms with van der Waals surface area (Å²) in [6, 6.07) is 9.46. The highest BCUT2D eigenvalue weighted by atomic mass is 16.5. The quantitative estimate of drug-likeness (QED) is 0.509. The van der Waals surface area contributed by atoms with Gasteiger partial charge in [0, 0.05) is 12.6 Å². The van der Waals surface area contributed by atoms with Crippen molar-refractivity contribution in [2.45, 2.75) is 19.6 Å². The van der Waals surface area contributed by atoms with E-state index in [2.05, 4.69) is 10.7 Å². The molecule has 88 valence electrons. The minimum Gasteiger partial charge on any atom is -0.445 e. The standard InChI is InChI=1S/C11H17N3O2/c1-9(7-13-12)14-11(15)16-8-10-5-3-2-4-6-10/h2-6,9,13H,7-8,12H2,1H3,(H,14,15). The van der Waals surface area contributed by atoms with E-state index in [-0.39, 0.29) is 12.6 Å². The van der Waals surface area contributed by atoms with Gasteiger partial charge in [0.1, 0.15) is 6.61 Å². The number of carbonyl (C=O) groups is 1. The predicted molar refractivity (Wildman–Crippen MR) is 61.4 cm³/mol. The first-order valence-electron chi connectivity index (χ1n) is 5.13. The molecule has 0 fully saturated rings. The third-order valence-corrected chi connectivity index (χ3v) is 2.00. The van der Waals surface area contributed by atoms with Crippen molar-refractivity contribution in [2.24, 2.45) is 5.84 Å².